The quantitative estimate of drug-likeness (QED) is 0.511. The number of rotatable bonds is 7. The van der Waals surface area contributed by atoms with E-state index in [0.717, 1.165) is 50.8 Å². The molecule has 1 unspecified atom stereocenters. The first kappa shape index (κ1) is 23.3. The molecule has 184 valence electrons. The first-order valence-corrected chi connectivity index (χ1v) is 12.9. The van der Waals surface area contributed by atoms with Gasteiger partial charge in [-0.25, -0.2) is 9.50 Å². The molecule has 1 saturated heterocycles. The summed E-state index contributed by atoms with van der Waals surface area (Å²) in [5.41, 5.74) is 2.62. The van der Waals surface area contributed by atoms with E-state index >= 15 is 0 Å². The molecule has 35 heavy (non-hydrogen) atoms. The number of fused-ring (bicyclic) bond motifs is 1. The molecular weight excluding hydrogens is 442 g/mol. The number of carbonyl (C=O) groups is 2. The van der Waals surface area contributed by atoms with Gasteiger partial charge in [0.15, 0.2) is 0 Å². The molecule has 5 rings (SSSR count). The van der Waals surface area contributed by atoms with E-state index in [2.05, 4.69) is 33.0 Å². The molecule has 0 aromatic carbocycles. The lowest BCUT2D eigenvalue weighted by atomic mass is 9.90. The van der Waals surface area contributed by atoms with Gasteiger partial charge in [-0.3, -0.25) is 14.3 Å². The molecule has 0 radical (unpaired) electrons. The number of amides is 2. The van der Waals surface area contributed by atoms with Crippen molar-refractivity contribution in [2.45, 2.75) is 77.3 Å². The zero-order chi connectivity index (χ0) is 24.2. The number of piperidine rings is 1. The number of nitrogens with one attached hydrogen (secondary N) is 2. The van der Waals surface area contributed by atoms with Crippen LogP contribution in [0.3, 0.4) is 0 Å². The maximum Gasteiger partial charge on any atom is 0.270 e. The molecule has 2 fully saturated rings. The first-order chi connectivity index (χ1) is 17.1. The van der Waals surface area contributed by atoms with E-state index < -0.39 is 0 Å². The number of carbonyl (C=O) groups excluding carboxylic acids is 2. The summed E-state index contributed by atoms with van der Waals surface area (Å²) in [7, 11) is 0. The molecule has 2 amide bonds. The largest absolute Gasteiger partial charge is 0.356 e. The molecule has 2 N–H and O–H groups in total. The van der Waals surface area contributed by atoms with Crippen LogP contribution < -0.4 is 10.6 Å². The van der Waals surface area contributed by atoms with Crippen molar-refractivity contribution in [3.63, 3.8) is 0 Å². The van der Waals surface area contributed by atoms with E-state index in [1.54, 1.807) is 21.5 Å². The van der Waals surface area contributed by atoms with E-state index in [4.69, 9.17) is 4.98 Å². The predicted molar refractivity (Wildman–Crippen MR) is 129 cm³/mol. The van der Waals surface area contributed by atoms with Crippen LogP contribution in [0.1, 0.15) is 86.2 Å². The van der Waals surface area contributed by atoms with Gasteiger partial charge in [-0.1, -0.05) is 25.7 Å². The number of nitrogens with zero attached hydrogens (tertiary/aromatic N) is 5. The first-order valence-electron chi connectivity index (χ1n) is 12.9. The summed E-state index contributed by atoms with van der Waals surface area (Å²) in [4.78, 5) is 30.2. The average Bonchev–Trinajstić information content (AvgIpc) is 3.43. The zero-order valence-electron chi connectivity index (χ0n) is 20.3. The van der Waals surface area contributed by atoms with Crippen LogP contribution in [0.2, 0.25) is 0 Å². The Morgan fingerprint density at radius 3 is 2.80 bits per heavy atom. The molecule has 2 atom stereocenters. The summed E-state index contributed by atoms with van der Waals surface area (Å²) in [6, 6.07) is 7.76. The highest BCUT2D eigenvalue weighted by Gasteiger charge is 2.29. The fourth-order valence-corrected chi connectivity index (χ4v) is 5.41. The summed E-state index contributed by atoms with van der Waals surface area (Å²) in [6.45, 7) is 3.35. The van der Waals surface area contributed by atoms with Gasteiger partial charge in [0.25, 0.3) is 5.91 Å². The van der Waals surface area contributed by atoms with Crippen LogP contribution in [0, 0.1) is 24.0 Å². The van der Waals surface area contributed by atoms with Crippen molar-refractivity contribution in [1.82, 2.24) is 35.0 Å². The molecular formula is C26H33N7O2. The maximum atomic E-state index is 13.2. The maximum absolute atomic E-state index is 13.2. The summed E-state index contributed by atoms with van der Waals surface area (Å²) in [6.07, 6.45) is 12.8. The lowest BCUT2D eigenvalue weighted by molar-refractivity contribution is -0.126. The van der Waals surface area contributed by atoms with Crippen LogP contribution in [0.5, 0.6) is 0 Å². The highest BCUT2D eigenvalue weighted by atomic mass is 16.2. The third-order valence-electron chi connectivity index (χ3n) is 7.32. The molecule has 1 aliphatic carbocycles. The number of imidazole rings is 1. The second-order valence-corrected chi connectivity index (χ2v) is 9.70. The van der Waals surface area contributed by atoms with E-state index in [0.29, 0.717) is 35.9 Å². The van der Waals surface area contributed by atoms with Gasteiger partial charge in [0.05, 0.1) is 17.9 Å². The Kier molecular flexibility index (Phi) is 6.98. The molecule has 1 aliphatic heterocycles. The normalized spacial score (nSPS) is 20.1. The van der Waals surface area contributed by atoms with Crippen molar-refractivity contribution < 1.29 is 9.59 Å². The SMILES string of the molecule is CCn1nccc1C(=O)N[C@H](c1cn2nc(CC3CCCNC3=O)c#cc2n1)C1CCCCCC1. The molecule has 2 aliphatic rings. The summed E-state index contributed by atoms with van der Waals surface area (Å²) < 4.78 is 3.43. The van der Waals surface area contributed by atoms with Crippen LogP contribution in [-0.4, -0.2) is 42.7 Å². The monoisotopic (exact) mass is 475 g/mol. The van der Waals surface area contributed by atoms with Gasteiger partial charge >= 0.3 is 0 Å². The Balaban J connectivity index is 1.41. The number of hydrogen-bond acceptors (Lipinski definition) is 5. The van der Waals surface area contributed by atoms with Gasteiger partial charge in [0, 0.05) is 31.6 Å². The zero-order valence-corrected chi connectivity index (χ0v) is 20.3. The smallest absolute Gasteiger partial charge is 0.270 e. The summed E-state index contributed by atoms with van der Waals surface area (Å²) in [5.74, 6) is 0.171. The molecule has 3 aromatic rings. The minimum Gasteiger partial charge on any atom is -0.356 e. The Labute approximate surface area is 205 Å². The second kappa shape index (κ2) is 10.5. The molecule has 4 heterocycles. The molecule has 0 bridgehead atoms. The predicted octanol–water partition coefficient (Wildman–Crippen LogP) is 3.06. The number of hydrogen-bond donors (Lipinski definition) is 2. The molecule has 9 heteroatoms. The van der Waals surface area contributed by atoms with Crippen molar-refractivity contribution in [3.8, 4) is 0 Å². The van der Waals surface area contributed by atoms with Crippen molar-refractivity contribution in [3.05, 3.63) is 47.7 Å². The van der Waals surface area contributed by atoms with Crippen LogP contribution in [0.25, 0.3) is 5.65 Å². The van der Waals surface area contributed by atoms with Gasteiger partial charge in [0.2, 0.25) is 11.6 Å². The van der Waals surface area contributed by atoms with E-state index in [1.807, 2.05) is 13.1 Å². The lowest BCUT2D eigenvalue weighted by Crippen LogP contribution is -2.37. The number of aromatic nitrogens is 5. The highest BCUT2D eigenvalue weighted by Crippen LogP contribution is 2.33. The number of aryl methyl sites for hydroxylation is 1. The molecule has 9 nitrogen and oxygen atoms in total. The van der Waals surface area contributed by atoms with Crippen LogP contribution in [0.15, 0.2) is 18.5 Å². The van der Waals surface area contributed by atoms with E-state index in [9.17, 15) is 9.59 Å². The topological polar surface area (TPSA) is 106 Å². The third-order valence-corrected chi connectivity index (χ3v) is 7.32. The Hall–Kier alpha value is -3.41. The lowest BCUT2D eigenvalue weighted by Gasteiger charge is -2.26. The van der Waals surface area contributed by atoms with Crippen LogP contribution in [0.4, 0.5) is 0 Å². The van der Waals surface area contributed by atoms with Gasteiger partial charge in [-0.15, -0.1) is 0 Å². The highest BCUT2D eigenvalue weighted by molar-refractivity contribution is 5.92. The van der Waals surface area contributed by atoms with E-state index in [1.165, 1.54) is 12.8 Å². The minimum absolute atomic E-state index is 0.0808. The van der Waals surface area contributed by atoms with E-state index in [-0.39, 0.29) is 23.8 Å². The molecule has 3 aromatic heterocycles. The van der Waals surface area contributed by atoms with Gasteiger partial charge in [-0.2, -0.15) is 10.2 Å². The molecule has 0 spiro atoms. The second-order valence-electron chi connectivity index (χ2n) is 9.70. The Morgan fingerprint density at radius 1 is 1.20 bits per heavy atom. The van der Waals surface area contributed by atoms with Crippen molar-refractivity contribution in [2.75, 3.05) is 6.54 Å². The van der Waals surface area contributed by atoms with Crippen molar-refractivity contribution in [2.24, 2.45) is 11.8 Å². The summed E-state index contributed by atoms with van der Waals surface area (Å²) in [5, 5.41) is 15.1. The Morgan fingerprint density at radius 2 is 2.03 bits per heavy atom. The standard InChI is InChI=1S/C26H33N7O2/c1-2-32-22(13-15-28-32)26(35)30-24(18-8-5-3-4-6-9-18)21-17-33-23(29-21)12-11-20(31-33)16-19-10-7-14-27-25(19)34/h13,15,17-19,24H,2-10,14,16H2,1H3,(H,27,34)(H,30,35)/t19?,24-/m0/s1. The fourth-order valence-electron chi connectivity index (χ4n) is 5.41. The Bertz CT molecular complexity index is 1180. The third kappa shape index (κ3) is 5.16. The molecule has 1 saturated carbocycles. The van der Waals surface area contributed by atoms with Crippen LogP contribution >= 0.6 is 0 Å². The average molecular weight is 476 g/mol. The van der Waals surface area contributed by atoms with Gasteiger partial charge < -0.3 is 10.6 Å². The van der Waals surface area contributed by atoms with Gasteiger partial charge in [-0.05, 0) is 56.7 Å². The van der Waals surface area contributed by atoms with Crippen molar-refractivity contribution in [1.29, 1.82) is 0 Å². The summed E-state index contributed by atoms with van der Waals surface area (Å²) >= 11 is 0. The van der Waals surface area contributed by atoms with Crippen molar-refractivity contribution >= 4 is 17.5 Å². The fraction of sp³-hybridized carbons (Fsp3) is 0.577. The minimum atomic E-state index is -0.219. The van der Waals surface area contributed by atoms with Gasteiger partial charge in [0.1, 0.15) is 11.4 Å². The van der Waals surface area contributed by atoms with Crippen LogP contribution in [-0.2, 0) is 17.8 Å².